The lowest BCUT2D eigenvalue weighted by Crippen LogP contribution is -2.18. The summed E-state index contributed by atoms with van der Waals surface area (Å²) in [4.78, 5) is 0. The van der Waals surface area contributed by atoms with Gasteiger partial charge in [0.15, 0.2) is 0 Å². The third-order valence-electron chi connectivity index (χ3n) is 2.55. The maximum atomic E-state index is 5.81. The van der Waals surface area contributed by atoms with Crippen LogP contribution in [0.2, 0.25) is 0 Å². The summed E-state index contributed by atoms with van der Waals surface area (Å²) in [5, 5.41) is 3.42. The minimum atomic E-state index is 0.192. The molecule has 1 aromatic carbocycles. The fourth-order valence-corrected chi connectivity index (χ4v) is 2.13. The Hall–Kier alpha value is -0.580. The fourth-order valence-electron chi connectivity index (χ4n) is 1.72. The predicted molar refractivity (Wildman–Crippen MR) is 82.7 cm³/mol. The van der Waals surface area contributed by atoms with Gasteiger partial charge in [-0.1, -0.05) is 15.9 Å². The van der Waals surface area contributed by atoms with E-state index in [0.29, 0.717) is 0 Å². The zero-order valence-electron chi connectivity index (χ0n) is 12.0. The standard InChI is InChI=1S/C15H24BrNO2/c1-4-18-9-5-8-17-11-13-10-14(16)6-7-15(13)19-12(2)3/h6-7,10,12,17H,4-5,8-9,11H2,1-3H3. The Bertz CT molecular complexity index is 369. The summed E-state index contributed by atoms with van der Waals surface area (Å²) in [6, 6.07) is 6.13. The van der Waals surface area contributed by atoms with Crippen molar-refractivity contribution in [1.29, 1.82) is 0 Å². The number of benzene rings is 1. The Kier molecular flexibility index (Phi) is 8.10. The monoisotopic (exact) mass is 329 g/mol. The summed E-state index contributed by atoms with van der Waals surface area (Å²) in [7, 11) is 0. The van der Waals surface area contributed by atoms with Crippen molar-refractivity contribution in [2.45, 2.75) is 39.8 Å². The molecule has 0 radical (unpaired) electrons. The average Bonchev–Trinajstić information content (AvgIpc) is 2.36. The number of hydrogen-bond donors (Lipinski definition) is 1. The number of rotatable bonds is 9. The molecule has 0 amide bonds. The van der Waals surface area contributed by atoms with Crippen LogP contribution in [0.5, 0.6) is 5.75 Å². The van der Waals surface area contributed by atoms with E-state index >= 15 is 0 Å². The van der Waals surface area contributed by atoms with Gasteiger partial charge in [-0.25, -0.2) is 0 Å². The van der Waals surface area contributed by atoms with Gasteiger partial charge in [-0.15, -0.1) is 0 Å². The quantitative estimate of drug-likeness (QED) is 0.700. The molecule has 0 aromatic heterocycles. The molecule has 108 valence electrons. The minimum Gasteiger partial charge on any atom is -0.491 e. The lowest BCUT2D eigenvalue weighted by atomic mass is 10.2. The molecule has 19 heavy (non-hydrogen) atoms. The first-order chi connectivity index (χ1) is 9.13. The van der Waals surface area contributed by atoms with Gasteiger partial charge in [-0.05, 0) is 51.9 Å². The molecule has 0 saturated carbocycles. The van der Waals surface area contributed by atoms with Crippen LogP contribution in [0.25, 0.3) is 0 Å². The van der Waals surface area contributed by atoms with Crippen LogP contribution in [-0.2, 0) is 11.3 Å². The van der Waals surface area contributed by atoms with Crippen molar-refractivity contribution < 1.29 is 9.47 Å². The molecule has 0 bridgehead atoms. The Morgan fingerprint density at radius 1 is 1.32 bits per heavy atom. The lowest BCUT2D eigenvalue weighted by Gasteiger charge is -2.15. The number of ether oxygens (including phenoxy) is 2. The van der Waals surface area contributed by atoms with Gasteiger partial charge in [0, 0.05) is 29.8 Å². The van der Waals surface area contributed by atoms with Crippen LogP contribution in [0, 0.1) is 0 Å². The molecular weight excluding hydrogens is 306 g/mol. The van der Waals surface area contributed by atoms with Crippen molar-refractivity contribution >= 4 is 15.9 Å². The van der Waals surface area contributed by atoms with Gasteiger partial charge in [0.1, 0.15) is 5.75 Å². The van der Waals surface area contributed by atoms with Gasteiger partial charge in [-0.2, -0.15) is 0 Å². The largest absolute Gasteiger partial charge is 0.491 e. The van der Waals surface area contributed by atoms with E-state index in [2.05, 4.69) is 27.3 Å². The van der Waals surface area contributed by atoms with Gasteiger partial charge in [0.05, 0.1) is 6.10 Å². The van der Waals surface area contributed by atoms with Crippen molar-refractivity contribution in [3.63, 3.8) is 0 Å². The second-order valence-electron chi connectivity index (χ2n) is 4.65. The lowest BCUT2D eigenvalue weighted by molar-refractivity contribution is 0.144. The summed E-state index contributed by atoms with van der Waals surface area (Å²) in [6.07, 6.45) is 1.22. The van der Waals surface area contributed by atoms with Gasteiger partial charge in [0.2, 0.25) is 0 Å². The van der Waals surface area contributed by atoms with Crippen LogP contribution >= 0.6 is 15.9 Å². The number of hydrogen-bond acceptors (Lipinski definition) is 3. The van der Waals surface area contributed by atoms with E-state index in [1.54, 1.807) is 0 Å². The highest BCUT2D eigenvalue weighted by molar-refractivity contribution is 9.10. The van der Waals surface area contributed by atoms with Crippen molar-refractivity contribution in [1.82, 2.24) is 5.32 Å². The third kappa shape index (κ3) is 6.95. The van der Waals surface area contributed by atoms with Gasteiger partial charge >= 0.3 is 0 Å². The highest BCUT2D eigenvalue weighted by Gasteiger charge is 2.06. The highest BCUT2D eigenvalue weighted by atomic mass is 79.9. The topological polar surface area (TPSA) is 30.5 Å². The first-order valence-corrected chi connectivity index (χ1v) is 7.66. The molecular formula is C15H24BrNO2. The van der Waals surface area contributed by atoms with E-state index in [4.69, 9.17) is 9.47 Å². The van der Waals surface area contributed by atoms with E-state index in [9.17, 15) is 0 Å². The average molecular weight is 330 g/mol. The van der Waals surface area contributed by atoms with Crippen molar-refractivity contribution in [3.8, 4) is 5.75 Å². The van der Waals surface area contributed by atoms with Gasteiger partial charge in [-0.3, -0.25) is 0 Å². The molecule has 0 saturated heterocycles. The van der Waals surface area contributed by atoms with E-state index < -0.39 is 0 Å². The van der Waals surface area contributed by atoms with Crippen molar-refractivity contribution in [3.05, 3.63) is 28.2 Å². The van der Waals surface area contributed by atoms with Gasteiger partial charge in [0.25, 0.3) is 0 Å². The Morgan fingerprint density at radius 3 is 2.79 bits per heavy atom. The van der Waals surface area contributed by atoms with Crippen molar-refractivity contribution in [2.75, 3.05) is 19.8 Å². The summed E-state index contributed by atoms with van der Waals surface area (Å²) >= 11 is 3.50. The van der Waals surface area contributed by atoms with Crippen LogP contribution in [0.4, 0.5) is 0 Å². The van der Waals surface area contributed by atoms with E-state index in [1.165, 1.54) is 5.56 Å². The maximum absolute atomic E-state index is 5.81. The second kappa shape index (κ2) is 9.34. The molecule has 3 nitrogen and oxygen atoms in total. The molecule has 0 aliphatic heterocycles. The first kappa shape index (κ1) is 16.5. The molecule has 1 aromatic rings. The van der Waals surface area contributed by atoms with Gasteiger partial charge < -0.3 is 14.8 Å². The molecule has 1 rings (SSSR count). The Labute approximate surface area is 124 Å². The summed E-state index contributed by atoms with van der Waals surface area (Å²) < 4.78 is 12.2. The van der Waals surface area contributed by atoms with Crippen molar-refractivity contribution in [2.24, 2.45) is 0 Å². The highest BCUT2D eigenvalue weighted by Crippen LogP contribution is 2.24. The molecule has 0 fully saturated rings. The van der Waals surface area contributed by atoms with Crippen LogP contribution < -0.4 is 10.1 Å². The minimum absolute atomic E-state index is 0.192. The zero-order valence-corrected chi connectivity index (χ0v) is 13.6. The van der Waals surface area contributed by atoms with E-state index in [-0.39, 0.29) is 6.10 Å². The molecule has 4 heteroatoms. The zero-order chi connectivity index (χ0) is 14.1. The normalized spacial score (nSPS) is 11.0. The summed E-state index contributed by atoms with van der Waals surface area (Å²) in [6.45, 7) is 9.48. The van der Waals surface area contributed by atoms with Crippen LogP contribution in [0.3, 0.4) is 0 Å². The number of halogens is 1. The Morgan fingerprint density at radius 2 is 2.11 bits per heavy atom. The number of nitrogens with one attached hydrogen (secondary N) is 1. The summed E-state index contributed by atoms with van der Waals surface area (Å²) in [5.74, 6) is 0.954. The molecule has 0 unspecified atom stereocenters. The molecule has 0 aliphatic carbocycles. The molecule has 0 aliphatic rings. The maximum Gasteiger partial charge on any atom is 0.124 e. The third-order valence-corrected chi connectivity index (χ3v) is 3.04. The van der Waals surface area contributed by atoms with E-state index in [1.807, 2.05) is 32.9 Å². The van der Waals surface area contributed by atoms with Crippen LogP contribution in [-0.4, -0.2) is 25.9 Å². The molecule has 0 atom stereocenters. The fraction of sp³-hybridized carbons (Fsp3) is 0.600. The second-order valence-corrected chi connectivity index (χ2v) is 5.56. The summed E-state index contributed by atoms with van der Waals surface area (Å²) in [5.41, 5.74) is 1.18. The SMILES string of the molecule is CCOCCCNCc1cc(Br)ccc1OC(C)C. The molecule has 0 spiro atoms. The smallest absolute Gasteiger partial charge is 0.124 e. The predicted octanol–water partition coefficient (Wildman–Crippen LogP) is 3.75. The molecule has 0 heterocycles. The van der Waals surface area contributed by atoms with E-state index in [0.717, 1.165) is 42.9 Å². The first-order valence-electron chi connectivity index (χ1n) is 6.87. The van der Waals surface area contributed by atoms with Crippen LogP contribution in [0.1, 0.15) is 32.8 Å². The Balaban J connectivity index is 2.44. The molecule has 1 N–H and O–H groups in total. The van der Waals surface area contributed by atoms with Crippen LogP contribution in [0.15, 0.2) is 22.7 Å².